The van der Waals surface area contributed by atoms with Crippen molar-refractivity contribution in [1.82, 2.24) is 0 Å². The molecule has 0 bridgehead atoms. The Labute approximate surface area is 110 Å². The summed E-state index contributed by atoms with van der Waals surface area (Å²) in [6, 6.07) is 6.18. The van der Waals surface area contributed by atoms with Crippen molar-refractivity contribution < 1.29 is 9.53 Å². The molecule has 100 valence electrons. The summed E-state index contributed by atoms with van der Waals surface area (Å²) in [6.07, 6.45) is 1.48. The predicted octanol–water partition coefficient (Wildman–Crippen LogP) is 4.04. The van der Waals surface area contributed by atoms with Gasteiger partial charge in [0.2, 0.25) is 0 Å². The molecule has 0 aromatic heterocycles. The van der Waals surface area contributed by atoms with E-state index in [4.69, 9.17) is 4.74 Å². The van der Waals surface area contributed by atoms with Gasteiger partial charge in [-0.25, -0.2) is 0 Å². The Morgan fingerprint density at radius 2 is 1.94 bits per heavy atom. The normalized spacial score (nSPS) is 11.4. The van der Waals surface area contributed by atoms with Gasteiger partial charge in [0.15, 0.2) is 5.78 Å². The van der Waals surface area contributed by atoms with Crippen LogP contribution in [0.25, 0.3) is 0 Å². The lowest BCUT2D eigenvalue weighted by atomic mass is 9.86. The van der Waals surface area contributed by atoms with Gasteiger partial charge in [-0.3, -0.25) is 4.79 Å². The highest BCUT2D eigenvalue weighted by Crippen LogP contribution is 2.27. The van der Waals surface area contributed by atoms with Crippen LogP contribution in [0.5, 0.6) is 5.75 Å². The van der Waals surface area contributed by atoms with Crippen LogP contribution in [0.4, 0.5) is 0 Å². The molecule has 18 heavy (non-hydrogen) atoms. The monoisotopic (exact) mass is 248 g/mol. The van der Waals surface area contributed by atoms with Crippen LogP contribution in [0.1, 0.15) is 51.7 Å². The smallest absolute Gasteiger partial charge is 0.170 e. The Morgan fingerprint density at radius 1 is 1.28 bits per heavy atom. The van der Waals surface area contributed by atoms with E-state index in [9.17, 15) is 4.79 Å². The van der Waals surface area contributed by atoms with Crippen molar-refractivity contribution in [3.63, 3.8) is 0 Å². The summed E-state index contributed by atoms with van der Waals surface area (Å²) < 4.78 is 5.57. The standard InChI is InChI=1S/C16H24O2/c1-6-7-14(17)11-18-15-9-8-13(10-12(15)2)16(3,4)5/h8-10H,6-7,11H2,1-5H3. The number of Topliss-reactive ketones (excluding diaryl/α,β-unsaturated/α-hetero) is 1. The van der Waals surface area contributed by atoms with Crippen molar-refractivity contribution in [2.45, 2.75) is 52.9 Å². The minimum atomic E-state index is 0.140. The van der Waals surface area contributed by atoms with Crippen LogP contribution in [0, 0.1) is 6.92 Å². The van der Waals surface area contributed by atoms with Crippen molar-refractivity contribution in [2.24, 2.45) is 0 Å². The lowest BCUT2D eigenvalue weighted by Gasteiger charge is -2.20. The van der Waals surface area contributed by atoms with Gasteiger partial charge in [0, 0.05) is 6.42 Å². The Hall–Kier alpha value is -1.31. The first-order valence-corrected chi connectivity index (χ1v) is 6.60. The highest BCUT2D eigenvalue weighted by molar-refractivity contribution is 5.79. The lowest BCUT2D eigenvalue weighted by molar-refractivity contribution is -0.121. The zero-order valence-corrected chi connectivity index (χ0v) is 12.2. The topological polar surface area (TPSA) is 26.3 Å². The summed E-state index contributed by atoms with van der Waals surface area (Å²) in [5.74, 6) is 0.976. The van der Waals surface area contributed by atoms with E-state index in [1.165, 1.54) is 5.56 Å². The zero-order chi connectivity index (χ0) is 13.8. The summed E-state index contributed by atoms with van der Waals surface area (Å²) in [5.41, 5.74) is 2.51. The van der Waals surface area contributed by atoms with Crippen LogP contribution in [0.3, 0.4) is 0 Å². The molecule has 0 aliphatic carbocycles. The van der Waals surface area contributed by atoms with Crippen LogP contribution in [-0.2, 0) is 10.2 Å². The van der Waals surface area contributed by atoms with Gasteiger partial charge in [-0.1, -0.05) is 39.8 Å². The number of hydrogen-bond acceptors (Lipinski definition) is 2. The number of ether oxygens (including phenoxy) is 1. The van der Waals surface area contributed by atoms with Crippen LogP contribution in [0.2, 0.25) is 0 Å². The molecule has 0 saturated heterocycles. The maximum absolute atomic E-state index is 11.4. The first-order chi connectivity index (χ1) is 8.34. The first kappa shape index (κ1) is 14.7. The van der Waals surface area contributed by atoms with Gasteiger partial charge < -0.3 is 4.74 Å². The van der Waals surface area contributed by atoms with Crippen LogP contribution < -0.4 is 4.74 Å². The molecule has 2 heteroatoms. The van der Waals surface area contributed by atoms with E-state index in [0.717, 1.165) is 17.7 Å². The second kappa shape index (κ2) is 6.03. The van der Waals surface area contributed by atoms with Crippen molar-refractivity contribution in [1.29, 1.82) is 0 Å². The molecule has 0 radical (unpaired) electrons. The number of carbonyl (C=O) groups excluding carboxylic acids is 1. The number of aryl methyl sites for hydroxylation is 1. The lowest BCUT2D eigenvalue weighted by Crippen LogP contribution is -2.13. The van der Waals surface area contributed by atoms with E-state index in [2.05, 4.69) is 32.9 Å². The molecular weight excluding hydrogens is 224 g/mol. The quantitative estimate of drug-likeness (QED) is 0.786. The minimum absolute atomic E-state index is 0.140. The predicted molar refractivity (Wildman–Crippen MR) is 75.3 cm³/mol. The van der Waals surface area contributed by atoms with E-state index < -0.39 is 0 Å². The summed E-state index contributed by atoms with van der Waals surface area (Å²) in [7, 11) is 0. The molecule has 0 fully saturated rings. The van der Waals surface area contributed by atoms with E-state index in [-0.39, 0.29) is 17.8 Å². The summed E-state index contributed by atoms with van der Waals surface area (Å²) >= 11 is 0. The number of rotatable bonds is 5. The van der Waals surface area contributed by atoms with E-state index in [0.29, 0.717) is 6.42 Å². The molecule has 0 spiro atoms. The number of hydrogen-bond donors (Lipinski definition) is 0. The average Bonchev–Trinajstić information content (AvgIpc) is 2.26. The molecule has 1 rings (SSSR count). The third kappa shape index (κ3) is 4.17. The fourth-order valence-electron chi connectivity index (χ4n) is 1.79. The molecule has 2 nitrogen and oxygen atoms in total. The molecule has 0 amide bonds. The molecule has 0 N–H and O–H groups in total. The Morgan fingerprint density at radius 3 is 2.44 bits per heavy atom. The molecule has 0 atom stereocenters. The summed E-state index contributed by atoms with van der Waals surface area (Å²) in [4.78, 5) is 11.4. The number of carbonyl (C=O) groups is 1. The molecule has 0 aliphatic rings. The van der Waals surface area contributed by atoms with Gasteiger partial charge >= 0.3 is 0 Å². The fraction of sp³-hybridized carbons (Fsp3) is 0.562. The molecule has 0 aliphatic heterocycles. The first-order valence-electron chi connectivity index (χ1n) is 6.60. The maximum Gasteiger partial charge on any atom is 0.170 e. The van der Waals surface area contributed by atoms with E-state index in [1.54, 1.807) is 0 Å². The number of ketones is 1. The summed E-state index contributed by atoms with van der Waals surface area (Å²) in [5, 5.41) is 0. The Balaban J connectivity index is 2.72. The van der Waals surface area contributed by atoms with Gasteiger partial charge in [0.1, 0.15) is 12.4 Å². The second-order valence-electron chi connectivity index (χ2n) is 5.81. The minimum Gasteiger partial charge on any atom is -0.486 e. The maximum atomic E-state index is 11.4. The van der Waals surface area contributed by atoms with E-state index >= 15 is 0 Å². The van der Waals surface area contributed by atoms with Crippen LogP contribution >= 0.6 is 0 Å². The molecular formula is C16H24O2. The zero-order valence-electron chi connectivity index (χ0n) is 12.2. The second-order valence-corrected chi connectivity index (χ2v) is 5.81. The Bertz CT molecular complexity index is 414. The highest BCUT2D eigenvalue weighted by Gasteiger charge is 2.14. The fourth-order valence-corrected chi connectivity index (χ4v) is 1.79. The van der Waals surface area contributed by atoms with Gasteiger partial charge in [0.05, 0.1) is 0 Å². The summed E-state index contributed by atoms with van der Waals surface area (Å²) in [6.45, 7) is 10.8. The van der Waals surface area contributed by atoms with Crippen molar-refractivity contribution in [3.05, 3.63) is 29.3 Å². The van der Waals surface area contributed by atoms with Crippen molar-refractivity contribution in [2.75, 3.05) is 6.61 Å². The molecule has 0 heterocycles. The third-order valence-electron chi connectivity index (χ3n) is 2.96. The van der Waals surface area contributed by atoms with Crippen molar-refractivity contribution >= 4 is 5.78 Å². The van der Waals surface area contributed by atoms with Crippen LogP contribution in [-0.4, -0.2) is 12.4 Å². The molecule has 1 aromatic rings. The molecule has 0 saturated carbocycles. The van der Waals surface area contributed by atoms with Crippen molar-refractivity contribution in [3.8, 4) is 5.75 Å². The Kier molecular flexibility index (Phi) is 4.94. The van der Waals surface area contributed by atoms with Gasteiger partial charge in [0.25, 0.3) is 0 Å². The average molecular weight is 248 g/mol. The molecule has 0 unspecified atom stereocenters. The largest absolute Gasteiger partial charge is 0.486 e. The number of benzene rings is 1. The van der Waals surface area contributed by atoms with Gasteiger partial charge in [-0.15, -0.1) is 0 Å². The van der Waals surface area contributed by atoms with Gasteiger partial charge in [-0.2, -0.15) is 0 Å². The van der Waals surface area contributed by atoms with Gasteiger partial charge in [-0.05, 0) is 36.0 Å². The highest BCUT2D eigenvalue weighted by atomic mass is 16.5. The van der Waals surface area contributed by atoms with Crippen LogP contribution in [0.15, 0.2) is 18.2 Å². The molecule has 1 aromatic carbocycles. The SMILES string of the molecule is CCCC(=O)COc1ccc(C(C)(C)C)cc1C. The van der Waals surface area contributed by atoms with E-state index in [1.807, 2.05) is 19.9 Å². The third-order valence-corrected chi connectivity index (χ3v) is 2.96.